The molecule has 0 bridgehead atoms. The van der Waals surface area contributed by atoms with Crippen LogP contribution >= 0.6 is 11.6 Å². The number of carbonyl (C=O) groups excluding carboxylic acids is 2. The highest BCUT2D eigenvalue weighted by Crippen LogP contribution is 2.41. The van der Waals surface area contributed by atoms with Crippen LogP contribution in [0.25, 0.3) is 0 Å². The van der Waals surface area contributed by atoms with E-state index in [0.29, 0.717) is 16.3 Å². The molecule has 2 aliphatic rings. The van der Waals surface area contributed by atoms with Gasteiger partial charge in [-0.15, -0.1) is 0 Å². The Labute approximate surface area is 201 Å². The number of rotatable bonds is 3. The van der Waals surface area contributed by atoms with Gasteiger partial charge in [-0.3, -0.25) is 14.4 Å². The van der Waals surface area contributed by atoms with E-state index >= 15 is 0 Å². The van der Waals surface area contributed by atoms with Crippen LogP contribution in [0.1, 0.15) is 35.7 Å². The summed E-state index contributed by atoms with van der Waals surface area (Å²) in [6.45, 7) is 1.61. The monoisotopic (exact) mass is 479 g/mol. The largest absolute Gasteiger partial charge is 0.324 e. The molecule has 4 atom stereocenters. The van der Waals surface area contributed by atoms with Gasteiger partial charge in [-0.2, -0.15) is 5.48 Å². The summed E-state index contributed by atoms with van der Waals surface area (Å²) in [6, 6.07) is 19.6. The number of fused-ring (bicyclic) bond motifs is 1. The summed E-state index contributed by atoms with van der Waals surface area (Å²) in [5.41, 5.74) is 5.44. The van der Waals surface area contributed by atoms with Crippen LogP contribution in [-0.4, -0.2) is 29.4 Å². The van der Waals surface area contributed by atoms with Crippen molar-refractivity contribution in [2.75, 3.05) is 11.9 Å². The van der Waals surface area contributed by atoms with Crippen LogP contribution in [0, 0.1) is 11.7 Å². The zero-order valence-electron chi connectivity index (χ0n) is 18.4. The summed E-state index contributed by atoms with van der Waals surface area (Å²) in [5.74, 6) is -1.75. The van der Waals surface area contributed by atoms with E-state index in [2.05, 4.69) is 10.8 Å². The first-order chi connectivity index (χ1) is 16.4. The maximum atomic E-state index is 14.4. The minimum absolute atomic E-state index is 0.187. The number of nitrogens with one attached hydrogen (secondary N) is 2. The Balaban J connectivity index is 1.62. The van der Waals surface area contributed by atoms with Crippen LogP contribution < -0.4 is 10.8 Å². The summed E-state index contributed by atoms with van der Waals surface area (Å²) in [6.07, 6.45) is -0.483. The third-order valence-electron chi connectivity index (χ3n) is 6.38. The highest BCUT2D eigenvalue weighted by atomic mass is 35.5. The van der Waals surface area contributed by atoms with Crippen molar-refractivity contribution >= 4 is 29.1 Å². The first-order valence-electron chi connectivity index (χ1n) is 11.0. The number of carbonyl (C=O) groups is 2. The standard InChI is InChI=1S/C26H23ClFN3O3/c1-15-23(24(30-34-15)18-9-5-6-10-20(18)27)26(33)31-14-22(32)29-21-12-11-17(28)13-19(21)25(31)16-7-3-2-4-8-16/h2-13,15,23-25,30H,14H2,1H3,(H,29,32). The molecule has 2 heterocycles. The maximum absolute atomic E-state index is 14.4. The molecule has 0 saturated carbocycles. The fraction of sp³-hybridized carbons (Fsp3) is 0.231. The van der Waals surface area contributed by atoms with E-state index in [-0.39, 0.29) is 18.4 Å². The smallest absolute Gasteiger partial charge is 0.244 e. The van der Waals surface area contributed by atoms with Crippen molar-refractivity contribution in [3.63, 3.8) is 0 Å². The Morgan fingerprint density at radius 3 is 2.56 bits per heavy atom. The number of hydroxylamine groups is 1. The zero-order chi connectivity index (χ0) is 23.8. The van der Waals surface area contributed by atoms with E-state index in [0.717, 1.165) is 11.1 Å². The van der Waals surface area contributed by atoms with Gasteiger partial charge in [-0.1, -0.05) is 60.1 Å². The first kappa shape index (κ1) is 22.5. The van der Waals surface area contributed by atoms with E-state index < -0.39 is 29.9 Å². The van der Waals surface area contributed by atoms with Crippen LogP contribution in [0.5, 0.6) is 0 Å². The van der Waals surface area contributed by atoms with E-state index in [1.807, 2.05) is 48.5 Å². The number of benzene rings is 3. The van der Waals surface area contributed by atoms with Gasteiger partial charge < -0.3 is 10.2 Å². The third kappa shape index (κ3) is 4.07. The number of nitrogens with zero attached hydrogens (tertiary/aromatic N) is 1. The highest BCUT2D eigenvalue weighted by molar-refractivity contribution is 6.31. The van der Waals surface area contributed by atoms with E-state index in [1.165, 1.54) is 23.1 Å². The molecule has 0 radical (unpaired) electrons. The van der Waals surface area contributed by atoms with Gasteiger partial charge >= 0.3 is 0 Å². The lowest BCUT2D eigenvalue weighted by Crippen LogP contribution is -2.45. The van der Waals surface area contributed by atoms with Crippen molar-refractivity contribution in [3.8, 4) is 0 Å². The average molecular weight is 480 g/mol. The number of anilines is 1. The normalized spacial score (nSPS) is 24.3. The average Bonchev–Trinajstić information content (AvgIpc) is 3.14. The van der Waals surface area contributed by atoms with Crippen LogP contribution in [0.15, 0.2) is 72.8 Å². The summed E-state index contributed by atoms with van der Waals surface area (Å²) in [7, 11) is 0. The lowest BCUT2D eigenvalue weighted by Gasteiger charge is -2.34. The summed E-state index contributed by atoms with van der Waals surface area (Å²) < 4.78 is 14.4. The molecular weight excluding hydrogens is 457 g/mol. The molecule has 2 N–H and O–H groups in total. The van der Waals surface area contributed by atoms with E-state index in [9.17, 15) is 14.0 Å². The van der Waals surface area contributed by atoms with Crippen molar-refractivity contribution in [3.05, 3.63) is 100 Å². The van der Waals surface area contributed by atoms with Crippen molar-refractivity contribution in [1.82, 2.24) is 10.4 Å². The Kier molecular flexibility index (Phi) is 6.08. The molecule has 8 heteroatoms. The van der Waals surface area contributed by atoms with Crippen molar-refractivity contribution in [2.24, 2.45) is 5.92 Å². The van der Waals surface area contributed by atoms with Gasteiger partial charge in [-0.05, 0) is 42.3 Å². The molecule has 4 unspecified atom stereocenters. The molecule has 174 valence electrons. The van der Waals surface area contributed by atoms with Crippen LogP contribution in [0.2, 0.25) is 5.02 Å². The third-order valence-corrected chi connectivity index (χ3v) is 6.72. The van der Waals surface area contributed by atoms with Crippen LogP contribution in [0.4, 0.5) is 10.1 Å². The van der Waals surface area contributed by atoms with Crippen molar-refractivity contribution in [2.45, 2.75) is 25.1 Å². The topological polar surface area (TPSA) is 70.7 Å². The molecule has 0 spiro atoms. The van der Waals surface area contributed by atoms with Gasteiger partial charge in [0.2, 0.25) is 11.8 Å². The first-order valence-corrected chi connectivity index (χ1v) is 11.4. The molecule has 34 heavy (non-hydrogen) atoms. The molecule has 5 rings (SSSR count). The van der Waals surface area contributed by atoms with Gasteiger partial charge in [0, 0.05) is 16.3 Å². The zero-order valence-corrected chi connectivity index (χ0v) is 19.1. The fourth-order valence-electron chi connectivity index (χ4n) is 4.79. The van der Waals surface area contributed by atoms with Gasteiger partial charge in [0.1, 0.15) is 12.4 Å². The predicted molar refractivity (Wildman–Crippen MR) is 126 cm³/mol. The van der Waals surface area contributed by atoms with Gasteiger partial charge in [0.25, 0.3) is 0 Å². The van der Waals surface area contributed by atoms with Crippen LogP contribution in [0.3, 0.4) is 0 Å². The van der Waals surface area contributed by atoms with Gasteiger partial charge in [-0.25, -0.2) is 4.39 Å². The number of hydrogen-bond acceptors (Lipinski definition) is 4. The van der Waals surface area contributed by atoms with Crippen LogP contribution in [-0.2, 0) is 14.4 Å². The molecule has 1 fully saturated rings. The molecule has 0 aliphatic carbocycles. The maximum Gasteiger partial charge on any atom is 0.244 e. The summed E-state index contributed by atoms with van der Waals surface area (Å²) in [5, 5.41) is 3.33. The SMILES string of the molecule is CC1ONC(c2ccccc2Cl)C1C(=O)N1CC(=O)Nc2ccc(F)cc2C1c1ccccc1. The number of amides is 2. The Hall–Kier alpha value is -3.26. The molecule has 2 amide bonds. The Morgan fingerprint density at radius 2 is 1.79 bits per heavy atom. The molecule has 0 aromatic heterocycles. The summed E-state index contributed by atoms with van der Waals surface area (Å²) in [4.78, 5) is 34.2. The molecule has 2 aliphatic heterocycles. The molecule has 6 nitrogen and oxygen atoms in total. The lowest BCUT2D eigenvalue weighted by molar-refractivity contribution is -0.141. The lowest BCUT2D eigenvalue weighted by atomic mass is 9.87. The second-order valence-corrected chi connectivity index (χ2v) is 8.93. The number of hydrogen-bond donors (Lipinski definition) is 2. The summed E-state index contributed by atoms with van der Waals surface area (Å²) >= 11 is 6.44. The van der Waals surface area contributed by atoms with Gasteiger partial charge in [0.15, 0.2) is 0 Å². The Morgan fingerprint density at radius 1 is 1.06 bits per heavy atom. The fourth-order valence-corrected chi connectivity index (χ4v) is 5.05. The van der Waals surface area contributed by atoms with Crippen molar-refractivity contribution in [1.29, 1.82) is 0 Å². The van der Waals surface area contributed by atoms with Crippen molar-refractivity contribution < 1.29 is 18.8 Å². The molecular formula is C26H23ClFN3O3. The van der Waals surface area contributed by atoms with Gasteiger partial charge in [0.05, 0.1) is 24.1 Å². The van der Waals surface area contributed by atoms with E-state index in [1.54, 1.807) is 13.0 Å². The minimum atomic E-state index is -0.668. The van der Waals surface area contributed by atoms with E-state index in [4.69, 9.17) is 16.4 Å². The minimum Gasteiger partial charge on any atom is -0.324 e. The number of halogens is 2. The molecule has 3 aromatic carbocycles. The predicted octanol–water partition coefficient (Wildman–Crippen LogP) is 4.63. The second-order valence-electron chi connectivity index (χ2n) is 8.52. The quantitative estimate of drug-likeness (QED) is 0.574. The highest BCUT2D eigenvalue weighted by Gasteiger charge is 2.46. The Bertz CT molecular complexity index is 1240. The molecule has 3 aromatic rings. The molecule has 1 saturated heterocycles. The second kappa shape index (κ2) is 9.18.